The lowest BCUT2D eigenvalue weighted by atomic mass is 9.91. The molecule has 4 nitrogen and oxygen atoms in total. The van der Waals surface area contributed by atoms with E-state index in [0.717, 1.165) is 83.5 Å². The molecule has 2 aromatic carbocycles. The van der Waals surface area contributed by atoms with Crippen LogP contribution in [0.15, 0.2) is 53.4 Å². The smallest absolute Gasteiger partial charge is 0.370 e. The zero-order valence-corrected chi connectivity index (χ0v) is 22.5. The molecule has 8 heteroatoms. The highest BCUT2D eigenvalue weighted by molar-refractivity contribution is 8.00. The number of hydrogen-bond acceptors (Lipinski definition) is 4. The topological polar surface area (TPSA) is 26.8 Å². The van der Waals surface area contributed by atoms with E-state index in [1.807, 2.05) is 4.90 Å². The summed E-state index contributed by atoms with van der Waals surface area (Å²) in [5.41, 5.74) is -0.659. The number of aryl methyl sites for hydroxylation is 1. The predicted octanol–water partition coefficient (Wildman–Crippen LogP) is 6.38. The van der Waals surface area contributed by atoms with Crippen molar-refractivity contribution >= 4 is 23.4 Å². The number of thioether (sulfide) groups is 1. The lowest BCUT2D eigenvalue weighted by Crippen LogP contribution is -2.40. The van der Waals surface area contributed by atoms with Crippen LogP contribution in [0.3, 0.4) is 0 Å². The molecule has 2 aliphatic rings. The average Bonchev–Trinajstić information content (AvgIpc) is 3.11. The lowest BCUT2D eigenvalue weighted by molar-refractivity contribution is -0.133. The van der Waals surface area contributed by atoms with Gasteiger partial charge in [-0.3, -0.25) is 4.79 Å². The standard InChI is InChI=1S/C29H38F3N3OS/c1-23-7-11-26(12-8-23)34-18-4-16-33(19-20-34)15-3-6-28(36)35-17-2-5-25(22-35)21-24-9-13-27(14-10-24)37-29(30,31)32/h7-14,25H,2-6,15-22H2,1H3/t25-/m1/s1. The summed E-state index contributed by atoms with van der Waals surface area (Å²) in [6, 6.07) is 15.4. The first kappa shape index (κ1) is 27.8. The number of benzene rings is 2. The summed E-state index contributed by atoms with van der Waals surface area (Å²) in [5, 5.41) is 0. The molecule has 0 aliphatic carbocycles. The maximum absolute atomic E-state index is 12.9. The van der Waals surface area contributed by atoms with Gasteiger partial charge in [0.25, 0.3) is 0 Å². The number of halogens is 3. The molecule has 0 radical (unpaired) electrons. The summed E-state index contributed by atoms with van der Waals surface area (Å²) < 4.78 is 37.7. The molecule has 1 amide bonds. The third-order valence-corrected chi connectivity index (χ3v) is 8.14. The first-order valence-corrected chi connectivity index (χ1v) is 14.2. The Kier molecular flexibility index (Phi) is 9.82. The van der Waals surface area contributed by atoms with E-state index in [2.05, 4.69) is 41.0 Å². The molecule has 2 saturated heterocycles. The SMILES string of the molecule is Cc1ccc(N2CCCN(CCCC(=O)N3CCC[C@H](Cc4ccc(SC(F)(F)F)cc4)C3)CC2)cc1. The number of piperidine rings is 1. The van der Waals surface area contributed by atoms with Crippen LogP contribution in [0.25, 0.3) is 0 Å². The molecule has 0 saturated carbocycles. The number of likely N-dealkylation sites (tertiary alicyclic amines) is 1. The molecule has 1 atom stereocenters. The van der Waals surface area contributed by atoms with Crippen LogP contribution in [0.5, 0.6) is 0 Å². The summed E-state index contributed by atoms with van der Waals surface area (Å²) in [5.74, 6) is 0.593. The predicted molar refractivity (Wildman–Crippen MR) is 145 cm³/mol. The monoisotopic (exact) mass is 533 g/mol. The van der Waals surface area contributed by atoms with Gasteiger partial charge in [0.2, 0.25) is 5.91 Å². The summed E-state index contributed by atoms with van der Waals surface area (Å²) in [4.78, 5) is 20.1. The summed E-state index contributed by atoms with van der Waals surface area (Å²) in [7, 11) is 0. The first-order valence-electron chi connectivity index (χ1n) is 13.4. The van der Waals surface area contributed by atoms with E-state index in [1.54, 1.807) is 24.3 Å². The van der Waals surface area contributed by atoms with Crippen LogP contribution >= 0.6 is 11.8 Å². The van der Waals surface area contributed by atoms with Gasteiger partial charge in [0.1, 0.15) is 0 Å². The third kappa shape index (κ3) is 8.95. The molecule has 2 fully saturated rings. The lowest BCUT2D eigenvalue weighted by Gasteiger charge is -2.33. The van der Waals surface area contributed by atoms with Crippen molar-refractivity contribution in [2.45, 2.75) is 55.9 Å². The number of carbonyl (C=O) groups is 1. The molecule has 0 aromatic heterocycles. The van der Waals surface area contributed by atoms with Crippen LogP contribution in [0.1, 0.15) is 43.2 Å². The van der Waals surface area contributed by atoms with E-state index in [0.29, 0.717) is 12.3 Å². The fourth-order valence-electron chi connectivity index (χ4n) is 5.44. The molecule has 2 aromatic rings. The second kappa shape index (κ2) is 13.1. The number of rotatable bonds is 8. The largest absolute Gasteiger partial charge is 0.446 e. The van der Waals surface area contributed by atoms with Gasteiger partial charge >= 0.3 is 5.51 Å². The first-order chi connectivity index (χ1) is 17.7. The van der Waals surface area contributed by atoms with E-state index in [-0.39, 0.29) is 22.6 Å². The Morgan fingerprint density at radius 2 is 1.70 bits per heavy atom. The average molecular weight is 534 g/mol. The Balaban J connectivity index is 1.17. The highest BCUT2D eigenvalue weighted by atomic mass is 32.2. The van der Waals surface area contributed by atoms with E-state index < -0.39 is 5.51 Å². The van der Waals surface area contributed by atoms with Gasteiger partial charge in [-0.2, -0.15) is 13.2 Å². The van der Waals surface area contributed by atoms with Gasteiger partial charge in [-0.15, -0.1) is 0 Å². The quantitative estimate of drug-likeness (QED) is 0.368. The minimum absolute atomic E-state index is 0.0806. The fraction of sp³-hybridized carbons (Fsp3) is 0.552. The molecule has 2 heterocycles. The Labute approximate surface area is 223 Å². The third-order valence-electron chi connectivity index (χ3n) is 7.41. The van der Waals surface area contributed by atoms with Crippen molar-refractivity contribution in [3.63, 3.8) is 0 Å². The highest BCUT2D eigenvalue weighted by Crippen LogP contribution is 2.37. The fourth-order valence-corrected chi connectivity index (χ4v) is 5.98. The van der Waals surface area contributed by atoms with Crippen molar-refractivity contribution in [1.29, 1.82) is 0 Å². The van der Waals surface area contributed by atoms with Crippen molar-refractivity contribution in [1.82, 2.24) is 9.80 Å². The summed E-state index contributed by atoms with van der Waals surface area (Å²) in [6.07, 6.45) is 5.42. The van der Waals surface area contributed by atoms with Gasteiger partial charge in [0.15, 0.2) is 0 Å². The maximum Gasteiger partial charge on any atom is 0.446 e. The molecule has 202 valence electrons. The van der Waals surface area contributed by atoms with Crippen LogP contribution < -0.4 is 4.90 Å². The Morgan fingerprint density at radius 1 is 0.946 bits per heavy atom. The Bertz CT molecular complexity index is 997. The number of carbonyl (C=O) groups excluding carboxylic acids is 1. The number of nitrogens with zero attached hydrogens (tertiary/aromatic N) is 3. The zero-order chi connectivity index (χ0) is 26.3. The van der Waals surface area contributed by atoms with Crippen LogP contribution in [-0.4, -0.2) is 67.0 Å². The molecule has 0 N–H and O–H groups in total. The van der Waals surface area contributed by atoms with Gasteiger partial charge in [0.05, 0.1) is 0 Å². The molecule has 0 spiro atoms. The minimum Gasteiger partial charge on any atom is -0.370 e. The number of alkyl halides is 3. The van der Waals surface area contributed by atoms with Crippen molar-refractivity contribution in [3.05, 3.63) is 59.7 Å². The molecule has 0 bridgehead atoms. The van der Waals surface area contributed by atoms with Crippen LogP contribution in [0.2, 0.25) is 0 Å². The molecule has 2 aliphatic heterocycles. The van der Waals surface area contributed by atoms with E-state index in [9.17, 15) is 18.0 Å². The normalized spacial score (nSPS) is 19.6. The minimum atomic E-state index is -4.26. The summed E-state index contributed by atoms with van der Waals surface area (Å²) in [6.45, 7) is 8.79. The van der Waals surface area contributed by atoms with E-state index in [4.69, 9.17) is 0 Å². The van der Waals surface area contributed by atoms with Crippen LogP contribution in [0, 0.1) is 12.8 Å². The second-order valence-corrected chi connectivity index (χ2v) is 11.5. The van der Waals surface area contributed by atoms with Crippen molar-refractivity contribution < 1.29 is 18.0 Å². The van der Waals surface area contributed by atoms with E-state index >= 15 is 0 Å². The van der Waals surface area contributed by atoms with Gasteiger partial charge in [-0.1, -0.05) is 29.8 Å². The summed E-state index contributed by atoms with van der Waals surface area (Å²) >= 11 is -0.0806. The molecular weight excluding hydrogens is 495 g/mol. The maximum atomic E-state index is 12.9. The number of amides is 1. The van der Waals surface area contributed by atoms with Crippen molar-refractivity contribution in [2.75, 3.05) is 50.7 Å². The Morgan fingerprint density at radius 3 is 2.43 bits per heavy atom. The Hall–Kier alpha value is -2.19. The molecule has 0 unspecified atom stereocenters. The van der Waals surface area contributed by atoms with Gasteiger partial charge in [-0.05, 0) is 99.6 Å². The highest BCUT2D eigenvalue weighted by Gasteiger charge is 2.29. The van der Waals surface area contributed by atoms with Gasteiger partial charge in [0, 0.05) is 49.7 Å². The van der Waals surface area contributed by atoms with Gasteiger partial charge in [-0.25, -0.2) is 0 Å². The van der Waals surface area contributed by atoms with Crippen LogP contribution in [0.4, 0.5) is 18.9 Å². The number of anilines is 1. The van der Waals surface area contributed by atoms with Gasteiger partial charge < -0.3 is 14.7 Å². The van der Waals surface area contributed by atoms with Crippen LogP contribution in [-0.2, 0) is 11.2 Å². The molecule has 4 rings (SSSR count). The van der Waals surface area contributed by atoms with E-state index in [1.165, 1.54) is 11.3 Å². The molecule has 37 heavy (non-hydrogen) atoms. The van der Waals surface area contributed by atoms with Crippen molar-refractivity contribution in [3.8, 4) is 0 Å². The number of hydrogen-bond donors (Lipinski definition) is 0. The molecular formula is C29H38F3N3OS. The van der Waals surface area contributed by atoms with Crippen molar-refractivity contribution in [2.24, 2.45) is 5.92 Å². The second-order valence-electron chi connectivity index (χ2n) is 10.4. The zero-order valence-electron chi connectivity index (χ0n) is 21.7.